The second-order valence-electron chi connectivity index (χ2n) is 4.01. The van der Waals surface area contributed by atoms with Gasteiger partial charge in [-0.2, -0.15) is 0 Å². The summed E-state index contributed by atoms with van der Waals surface area (Å²) in [5.41, 5.74) is 1.14. The Balaban J connectivity index is 2.92. The lowest BCUT2D eigenvalue weighted by Gasteiger charge is -2.12. The van der Waals surface area contributed by atoms with Crippen molar-refractivity contribution < 1.29 is 13.2 Å². The van der Waals surface area contributed by atoms with Crippen molar-refractivity contribution >= 4 is 15.9 Å². The van der Waals surface area contributed by atoms with Crippen molar-refractivity contribution in [3.05, 3.63) is 35.4 Å². The normalized spacial score (nSPS) is 13.1. The third-order valence-corrected chi connectivity index (χ3v) is 4.59. The highest BCUT2D eigenvalue weighted by atomic mass is 32.2. The molecule has 0 aliphatic carbocycles. The molecular formula is C12H17NO3S. The van der Waals surface area contributed by atoms with Gasteiger partial charge in [0.25, 0.3) is 5.91 Å². The minimum absolute atomic E-state index is 0.388. The largest absolute Gasteiger partial charge is 0.268 e. The number of aryl methyl sites for hydroxylation is 1. The minimum Gasteiger partial charge on any atom is -0.268 e. The second kappa shape index (κ2) is 5.31. The zero-order valence-electron chi connectivity index (χ0n) is 10.2. The zero-order chi connectivity index (χ0) is 13.1. The summed E-state index contributed by atoms with van der Waals surface area (Å²) in [6.07, 6.45) is 0.469. The van der Waals surface area contributed by atoms with Crippen LogP contribution in [0, 0.1) is 6.92 Å². The number of amides is 1. The molecule has 4 nitrogen and oxygen atoms in total. The first-order valence-electron chi connectivity index (χ1n) is 5.50. The van der Waals surface area contributed by atoms with Crippen molar-refractivity contribution in [1.82, 2.24) is 4.72 Å². The van der Waals surface area contributed by atoms with Crippen molar-refractivity contribution in [2.75, 3.05) is 0 Å². The van der Waals surface area contributed by atoms with Crippen molar-refractivity contribution in [2.24, 2.45) is 0 Å². The predicted molar refractivity (Wildman–Crippen MR) is 67.3 cm³/mol. The highest BCUT2D eigenvalue weighted by molar-refractivity contribution is 7.90. The van der Waals surface area contributed by atoms with Gasteiger partial charge in [0.05, 0.1) is 5.25 Å². The summed E-state index contributed by atoms with van der Waals surface area (Å²) >= 11 is 0. The van der Waals surface area contributed by atoms with Crippen molar-refractivity contribution in [2.45, 2.75) is 32.4 Å². The van der Waals surface area contributed by atoms with E-state index in [1.165, 1.54) is 0 Å². The molecule has 5 heteroatoms. The van der Waals surface area contributed by atoms with Gasteiger partial charge in [-0.05, 0) is 31.9 Å². The Hall–Kier alpha value is -1.36. The molecule has 1 rings (SSSR count). The van der Waals surface area contributed by atoms with E-state index in [4.69, 9.17) is 0 Å². The van der Waals surface area contributed by atoms with E-state index in [1.807, 2.05) is 0 Å². The van der Waals surface area contributed by atoms with Crippen molar-refractivity contribution in [3.8, 4) is 0 Å². The Bertz CT molecular complexity index is 508. The molecule has 1 amide bonds. The van der Waals surface area contributed by atoms with E-state index in [0.717, 1.165) is 5.56 Å². The van der Waals surface area contributed by atoms with Crippen LogP contribution in [0.25, 0.3) is 0 Å². The maximum Gasteiger partial charge on any atom is 0.264 e. The van der Waals surface area contributed by atoms with Crippen LogP contribution < -0.4 is 4.72 Å². The third-order valence-electron chi connectivity index (χ3n) is 2.73. The van der Waals surface area contributed by atoms with Crippen LogP contribution in [0.2, 0.25) is 0 Å². The Kier molecular flexibility index (Phi) is 4.28. The summed E-state index contributed by atoms with van der Waals surface area (Å²) in [5, 5.41) is -0.574. The van der Waals surface area contributed by atoms with E-state index < -0.39 is 21.2 Å². The molecule has 0 radical (unpaired) electrons. The molecule has 1 N–H and O–H groups in total. The Morgan fingerprint density at radius 3 is 2.47 bits per heavy atom. The third kappa shape index (κ3) is 3.30. The molecule has 0 saturated heterocycles. The lowest BCUT2D eigenvalue weighted by Crippen LogP contribution is -2.37. The van der Waals surface area contributed by atoms with Gasteiger partial charge >= 0.3 is 0 Å². The molecule has 0 saturated carbocycles. The van der Waals surface area contributed by atoms with Crippen LogP contribution in [0.15, 0.2) is 24.3 Å². The quantitative estimate of drug-likeness (QED) is 0.893. The van der Waals surface area contributed by atoms with Crippen LogP contribution in [-0.2, 0) is 10.0 Å². The molecule has 0 aromatic heterocycles. The van der Waals surface area contributed by atoms with Crippen LogP contribution in [0.3, 0.4) is 0 Å². The van der Waals surface area contributed by atoms with Crippen LogP contribution in [0.4, 0.5) is 0 Å². The first kappa shape index (κ1) is 13.7. The minimum atomic E-state index is -3.57. The molecule has 0 spiro atoms. The summed E-state index contributed by atoms with van der Waals surface area (Å²) in [5.74, 6) is -0.566. The predicted octanol–water partition coefficient (Wildman–Crippen LogP) is 1.85. The Morgan fingerprint density at radius 2 is 1.94 bits per heavy atom. The first-order valence-corrected chi connectivity index (χ1v) is 7.04. The molecular weight excluding hydrogens is 238 g/mol. The van der Waals surface area contributed by atoms with Crippen molar-refractivity contribution in [1.29, 1.82) is 0 Å². The van der Waals surface area contributed by atoms with Crippen molar-refractivity contribution in [3.63, 3.8) is 0 Å². The van der Waals surface area contributed by atoms with Crippen LogP contribution in [-0.4, -0.2) is 19.6 Å². The van der Waals surface area contributed by atoms with E-state index in [1.54, 1.807) is 45.0 Å². The standard InChI is InChI=1S/C12H17NO3S/c1-4-10(3)17(15,16)13-12(14)11-8-6-5-7-9(11)2/h5-8,10H,4H2,1-3H3,(H,13,14)/t10-/m0/s1. The lowest BCUT2D eigenvalue weighted by molar-refractivity contribution is 0.0980. The van der Waals surface area contributed by atoms with Gasteiger partial charge < -0.3 is 0 Å². The fourth-order valence-electron chi connectivity index (χ4n) is 1.33. The number of sulfonamides is 1. The lowest BCUT2D eigenvalue weighted by atomic mass is 10.1. The first-order chi connectivity index (χ1) is 7.88. The molecule has 0 fully saturated rings. The molecule has 17 heavy (non-hydrogen) atoms. The van der Waals surface area contributed by atoms with Gasteiger partial charge in [0.15, 0.2) is 0 Å². The molecule has 0 unspecified atom stereocenters. The number of nitrogens with one attached hydrogen (secondary N) is 1. The molecule has 0 heterocycles. The molecule has 0 bridgehead atoms. The van der Waals surface area contributed by atoms with E-state index >= 15 is 0 Å². The van der Waals surface area contributed by atoms with Crippen LogP contribution >= 0.6 is 0 Å². The number of hydrogen-bond acceptors (Lipinski definition) is 3. The molecule has 1 aromatic carbocycles. The van der Waals surface area contributed by atoms with E-state index in [9.17, 15) is 13.2 Å². The number of benzene rings is 1. The number of carbonyl (C=O) groups excluding carboxylic acids is 1. The SMILES string of the molecule is CC[C@H](C)S(=O)(=O)NC(=O)c1ccccc1C. The molecule has 1 atom stereocenters. The van der Waals surface area contributed by atoms with Gasteiger partial charge in [0, 0.05) is 5.56 Å². The average molecular weight is 255 g/mol. The van der Waals surface area contributed by atoms with Gasteiger partial charge in [0.1, 0.15) is 0 Å². The summed E-state index contributed by atoms with van der Waals surface area (Å²) < 4.78 is 25.5. The maximum absolute atomic E-state index is 11.8. The van der Waals surface area contributed by atoms with Crippen LogP contribution in [0.5, 0.6) is 0 Å². The van der Waals surface area contributed by atoms with E-state index in [0.29, 0.717) is 12.0 Å². The smallest absolute Gasteiger partial charge is 0.264 e. The van der Waals surface area contributed by atoms with Crippen LogP contribution in [0.1, 0.15) is 36.2 Å². The van der Waals surface area contributed by atoms with Gasteiger partial charge in [0.2, 0.25) is 10.0 Å². The topological polar surface area (TPSA) is 63.2 Å². The van der Waals surface area contributed by atoms with E-state index in [-0.39, 0.29) is 0 Å². The summed E-state index contributed by atoms with van der Waals surface area (Å²) in [4.78, 5) is 11.8. The highest BCUT2D eigenvalue weighted by Gasteiger charge is 2.22. The Labute approximate surface area is 102 Å². The molecule has 0 aliphatic heterocycles. The van der Waals surface area contributed by atoms with Gasteiger partial charge in [-0.3, -0.25) is 4.79 Å². The van der Waals surface area contributed by atoms with E-state index in [2.05, 4.69) is 4.72 Å². The average Bonchev–Trinajstić information content (AvgIpc) is 2.27. The fourth-order valence-corrected chi connectivity index (χ4v) is 2.34. The zero-order valence-corrected chi connectivity index (χ0v) is 11.0. The van der Waals surface area contributed by atoms with Gasteiger partial charge in [-0.25, -0.2) is 13.1 Å². The summed E-state index contributed by atoms with van der Waals surface area (Å²) in [6, 6.07) is 6.88. The Morgan fingerprint density at radius 1 is 1.35 bits per heavy atom. The number of rotatable bonds is 4. The monoisotopic (exact) mass is 255 g/mol. The molecule has 94 valence electrons. The second-order valence-corrected chi connectivity index (χ2v) is 6.11. The van der Waals surface area contributed by atoms with Gasteiger partial charge in [-0.1, -0.05) is 25.1 Å². The number of carbonyl (C=O) groups is 1. The van der Waals surface area contributed by atoms with Gasteiger partial charge in [-0.15, -0.1) is 0 Å². The fraction of sp³-hybridized carbons (Fsp3) is 0.417. The molecule has 1 aromatic rings. The summed E-state index contributed by atoms with van der Waals surface area (Å²) in [6.45, 7) is 5.11. The maximum atomic E-state index is 11.8. The molecule has 0 aliphatic rings. The summed E-state index contributed by atoms with van der Waals surface area (Å²) in [7, 11) is -3.57. The highest BCUT2D eigenvalue weighted by Crippen LogP contribution is 2.09. The number of hydrogen-bond donors (Lipinski definition) is 1.